The topological polar surface area (TPSA) is 111 Å². The summed E-state index contributed by atoms with van der Waals surface area (Å²) >= 11 is 6.59. The molecule has 1 heterocycles. The van der Waals surface area contributed by atoms with Gasteiger partial charge in [0.05, 0.1) is 31.5 Å². The third-order valence-corrected chi connectivity index (χ3v) is 5.22. The van der Waals surface area contributed by atoms with Crippen molar-refractivity contribution in [1.82, 2.24) is 10.3 Å². The van der Waals surface area contributed by atoms with Crippen LogP contribution in [0.3, 0.4) is 0 Å². The van der Waals surface area contributed by atoms with E-state index >= 15 is 0 Å². The van der Waals surface area contributed by atoms with Gasteiger partial charge < -0.3 is 24.8 Å². The number of nitrogens with one attached hydrogen (secondary N) is 3. The van der Waals surface area contributed by atoms with Crippen molar-refractivity contribution in [2.24, 2.45) is 0 Å². The number of ether oxygens (including phenoxy) is 3. The molecule has 0 atom stereocenters. The molecule has 1 aromatic heterocycles. The highest BCUT2D eigenvalue weighted by Gasteiger charge is 2.18. The molecular weight excluding hydrogens is 440 g/mol. The van der Waals surface area contributed by atoms with E-state index < -0.39 is 5.91 Å². The molecular formula is C20H20N4O5S2. The summed E-state index contributed by atoms with van der Waals surface area (Å²) in [5, 5.41) is 8.82. The molecule has 0 spiro atoms. The fourth-order valence-electron chi connectivity index (χ4n) is 2.77. The number of thiazole rings is 1. The number of amides is 2. The number of methoxy groups -OCH3 is 3. The molecule has 0 aliphatic carbocycles. The lowest BCUT2D eigenvalue weighted by Gasteiger charge is -2.14. The fraction of sp³-hybridized carbons (Fsp3) is 0.200. The summed E-state index contributed by atoms with van der Waals surface area (Å²) in [4.78, 5) is 28.3. The standard InChI is InChI=1S/C20H20N4O5S2/c1-10(25)21-12-5-6-13-16(9-12)31-20(22-13)24-19(30)23-18(26)11-7-14(27-2)17(29-4)15(8-11)28-3/h5-9H,1-4H3,(H,21,25)(H2,22,23,24,26,30). The predicted molar refractivity (Wildman–Crippen MR) is 124 cm³/mol. The summed E-state index contributed by atoms with van der Waals surface area (Å²) in [6.07, 6.45) is 0. The van der Waals surface area contributed by atoms with Gasteiger partial charge in [0.15, 0.2) is 21.7 Å². The van der Waals surface area contributed by atoms with E-state index in [9.17, 15) is 9.59 Å². The Kier molecular flexibility index (Phi) is 6.88. The van der Waals surface area contributed by atoms with Crippen LogP contribution in [0.25, 0.3) is 10.2 Å². The molecule has 0 aliphatic rings. The first-order valence-corrected chi connectivity index (χ1v) is 10.2. The van der Waals surface area contributed by atoms with E-state index in [2.05, 4.69) is 20.9 Å². The van der Waals surface area contributed by atoms with Crippen LogP contribution in [-0.2, 0) is 4.79 Å². The molecule has 3 aromatic rings. The Balaban J connectivity index is 1.73. The number of rotatable bonds is 6. The first kappa shape index (κ1) is 22.2. The zero-order valence-electron chi connectivity index (χ0n) is 17.2. The number of benzene rings is 2. The molecule has 0 fully saturated rings. The lowest BCUT2D eigenvalue weighted by atomic mass is 10.1. The molecule has 2 amide bonds. The van der Waals surface area contributed by atoms with Gasteiger partial charge in [-0.2, -0.15) is 0 Å². The normalized spacial score (nSPS) is 10.3. The van der Waals surface area contributed by atoms with Gasteiger partial charge in [-0.3, -0.25) is 14.9 Å². The predicted octanol–water partition coefficient (Wildman–Crippen LogP) is 3.41. The van der Waals surface area contributed by atoms with Crippen molar-refractivity contribution in [2.45, 2.75) is 6.92 Å². The number of hydrogen-bond acceptors (Lipinski definition) is 8. The molecule has 0 saturated carbocycles. The molecule has 162 valence electrons. The van der Waals surface area contributed by atoms with Crippen LogP contribution in [0, 0.1) is 0 Å². The highest BCUT2D eigenvalue weighted by molar-refractivity contribution is 7.80. The van der Waals surface area contributed by atoms with E-state index in [0.717, 1.165) is 10.2 Å². The largest absolute Gasteiger partial charge is 0.493 e. The molecule has 2 aromatic carbocycles. The van der Waals surface area contributed by atoms with Crippen LogP contribution in [0.1, 0.15) is 17.3 Å². The van der Waals surface area contributed by atoms with Gasteiger partial charge in [-0.1, -0.05) is 11.3 Å². The Bertz CT molecular complexity index is 1140. The molecule has 0 saturated heterocycles. The van der Waals surface area contributed by atoms with E-state index in [1.165, 1.54) is 51.7 Å². The highest BCUT2D eigenvalue weighted by atomic mass is 32.1. The summed E-state index contributed by atoms with van der Waals surface area (Å²) in [6, 6.07) is 8.43. The molecule has 31 heavy (non-hydrogen) atoms. The number of hydrogen-bond donors (Lipinski definition) is 3. The number of nitrogens with zero attached hydrogens (tertiary/aromatic N) is 1. The molecule has 0 bridgehead atoms. The maximum atomic E-state index is 12.7. The fourth-order valence-corrected chi connectivity index (χ4v) is 3.94. The third kappa shape index (κ3) is 5.19. The van der Waals surface area contributed by atoms with Crippen molar-refractivity contribution in [1.29, 1.82) is 0 Å². The van der Waals surface area contributed by atoms with E-state index in [1.54, 1.807) is 12.1 Å². The van der Waals surface area contributed by atoms with Gasteiger partial charge in [0.2, 0.25) is 11.7 Å². The smallest absolute Gasteiger partial charge is 0.257 e. The zero-order chi connectivity index (χ0) is 22.5. The van der Waals surface area contributed by atoms with Crippen LogP contribution in [0.4, 0.5) is 10.8 Å². The van der Waals surface area contributed by atoms with E-state index in [0.29, 0.717) is 28.1 Å². The van der Waals surface area contributed by atoms with Crippen LogP contribution >= 0.6 is 23.6 Å². The molecule has 3 rings (SSSR count). The Morgan fingerprint density at radius 2 is 1.68 bits per heavy atom. The second-order valence-electron chi connectivity index (χ2n) is 6.20. The van der Waals surface area contributed by atoms with Gasteiger partial charge in [0.25, 0.3) is 5.91 Å². The average molecular weight is 461 g/mol. The molecule has 11 heteroatoms. The average Bonchev–Trinajstić information content (AvgIpc) is 3.13. The van der Waals surface area contributed by atoms with Gasteiger partial charge in [0.1, 0.15) is 0 Å². The van der Waals surface area contributed by atoms with Crippen LogP contribution in [0.2, 0.25) is 0 Å². The summed E-state index contributed by atoms with van der Waals surface area (Å²) < 4.78 is 16.7. The maximum absolute atomic E-state index is 12.7. The lowest BCUT2D eigenvalue weighted by molar-refractivity contribution is -0.114. The van der Waals surface area contributed by atoms with E-state index in [1.807, 2.05) is 6.07 Å². The Labute approximate surface area is 187 Å². The van der Waals surface area contributed by atoms with Crippen LogP contribution in [-0.4, -0.2) is 43.2 Å². The lowest BCUT2D eigenvalue weighted by Crippen LogP contribution is -2.34. The van der Waals surface area contributed by atoms with Crippen LogP contribution in [0.5, 0.6) is 17.2 Å². The number of carbonyl (C=O) groups is 2. The molecule has 0 aliphatic heterocycles. The first-order valence-electron chi connectivity index (χ1n) is 8.95. The van der Waals surface area contributed by atoms with Gasteiger partial charge in [-0.25, -0.2) is 4.98 Å². The van der Waals surface area contributed by atoms with Crippen molar-refractivity contribution in [3.05, 3.63) is 35.9 Å². The zero-order valence-corrected chi connectivity index (χ0v) is 18.8. The molecule has 9 nitrogen and oxygen atoms in total. The van der Waals surface area contributed by atoms with E-state index in [4.69, 9.17) is 26.4 Å². The van der Waals surface area contributed by atoms with Gasteiger partial charge in [-0.15, -0.1) is 0 Å². The van der Waals surface area contributed by atoms with Crippen molar-refractivity contribution < 1.29 is 23.8 Å². The van der Waals surface area contributed by atoms with E-state index in [-0.39, 0.29) is 16.6 Å². The quantitative estimate of drug-likeness (QED) is 0.480. The number of thiocarbonyl (C=S) groups is 1. The number of fused-ring (bicyclic) bond motifs is 1. The molecule has 0 unspecified atom stereocenters. The van der Waals surface area contributed by atoms with Crippen molar-refractivity contribution >= 4 is 61.5 Å². The summed E-state index contributed by atoms with van der Waals surface area (Å²) in [7, 11) is 4.42. The monoisotopic (exact) mass is 460 g/mol. The second-order valence-corrected chi connectivity index (χ2v) is 7.64. The van der Waals surface area contributed by atoms with Gasteiger partial charge >= 0.3 is 0 Å². The number of anilines is 2. The van der Waals surface area contributed by atoms with Crippen LogP contribution in [0.15, 0.2) is 30.3 Å². The Morgan fingerprint density at radius 1 is 1.00 bits per heavy atom. The number of aromatic nitrogens is 1. The molecule has 0 radical (unpaired) electrons. The minimum absolute atomic E-state index is 0.0832. The molecule has 3 N–H and O–H groups in total. The third-order valence-electron chi connectivity index (χ3n) is 4.08. The first-order chi connectivity index (χ1) is 14.8. The van der Waals surface area contributed by atoms with Gasteiger partial charge in [0, 0.05) is 18.2 Å². The number of carbonyl (C=O) groups excluding carboxylic acids is 2. The Morgan fingerprint density at radius 3 is 2.26 bits per heavy atom. The van der Waals surface area contributed by atoms with Crippen LogP contribution < -0.4 is 30.2 Å². The summed E-state index contributed by atoms with van der Waals surface area (Å²) in [5.74, 6) is 0.484. The maximum Gasteiger partial charge on any atom is 0.257 e. The second kappa shape index (κ2) is 9.58. The summed E-state index contributed by atoms with van der Waals surface area (Å²) in [5.41, 5.74) is 1.69. The SMILES string of the molecule is COc1cc(C(=O)NC(=S)Nc2nc3ccc(NC(C)=O)cc3s2)cc(OC)c1OC. The van der Waals surface area contributed by atoms with Crippen molar-refractivity contribution in [2.75, 3.05) is 32.0 Å². The van der Waals surface area contributed by atoms with Crippen molar-refractivity contribution in [3.8, 4) is 17.2 Å². The van der Waals surface area contributed by atoms with Crippen molar-refractivity contribution in [3.63, 3.8) is 0 Å². The Hall–Kier alpha value is -3.44. The van der Waals surface area contributed by atoms with Gasteiger partial charge in [-0.05, 0) is 42.5 Å². The highest BCUT2D eigenvalue weighted by Crippen LogP contribution is 2.38. The minimum Gasteiger partial charge on any atom is -0.493 e. The summed E-state index contributed by atoms with van der Waals surface area (Å²) in [6.45, 7) is 1.44. The minimum atomic E-state index is -0.453.